The van der Waals surface area contributed by atoms with E-state index in [0.717, 1.165) is 11.1 Å². The Morgan fingerprint density at radius 2 is 1.56 bits per heavy atom. The van der Waals surface area contributed by atoms with Crippen LogP contribution in [0.4, 0.5) is 0 Å². The Morgan fingerprint density at radius 1 is 0.889 bits per heavy atom. The van der Waals surface area contributed by atoms with Gasteiger partial charge in [0.2, 0.25) is 5.89 Å². The number of aryl methyl sites for hydroxylation is 2. The van der Waals surface area contributed by atoms with E-state index in [1.807, 2.05) is 91.5 Å². The fraction of sp³-hybridized carbons (Fsp3) is 0.233. The van der Waals surface area contributed by atoms with E-state index in [-0.39, 0.29) is 17.9 Å². The maximum atomic E-state index is 13.5. The fourth-order valence-electron chi connectivity index (χ4n) is 4.59. The summed E-state index contributed by atoms with van der Waals surface area (Å²) in [4.78, 5) is 32.5. The molecule has 0 aliphatic carbocycles. The first kappa shape index (κ1) is 23.5. The van der Waals surface area contributed by atoms with Crippen molar-refractivity contribution in [3.8, 4) is 22.8 Å². The molecule has 0 radical (unpaired) electrons. The van der Waals surface area contributed by atoms with Gasteiger partial charge in [0.1, 0.15) is 0 Å². The summed E-state index contributed by atoms with van der Waals surface area (Å²) >= 11 is 0. The van der Waals surface area contributed by atoms with Gasteiger partial charge in [-0.3, -0.25) is 9.59 Å². The number of likely N-dealkylation sites (tertiary alicyclic amines) is 1. The average Bonchev–Trinajstić information content (AvgIpc) is 3.39. The van der Waals surface area contributed by atoms with Crippen molar-refractivity contribution in [2.75, 3.05) is 13.1 Å². The Balaban J connectivity index is 1.27. The van der Waals surface area contributed by atoms with Crippen LogP contribution in [0.5, 0.6) is 0 Å². The van der Waals surface area contributed by atoms with Gasteiger partial charge in [0.05, 0.1) is 11.8 Å². The molecular weight excluding hydrogens is 450 g/mol. The van der Waals surface area contributed by atoms with Crippen LogP contribution in [0.25, 0.3) is 22.8 Å². The smallest absolute Gasteiger partial charge is 0.254 e. The van der Waals surface area contributed by atoms with Gasteiger partial charge < -0.3 is 14.6 Å². The summed E-state index contributed by atoms with van der Waals surface area (Å²) in [5, 5.41) is 3.13. The minimum atomic E-state index is -0.0588. The Morgan fingerprint density at radius 3 is 2.28 bits per heavy atom. The van der Waals surface area contributed by atoms with Crippen molar-refractivity contribution in [3.63, 3.8) is 0 Å². The number of nitrogens with one attached hydrogen (secondary N) is 1. The van der Waals surface area contributed by atoms with Crippen LogP contribution in [-0.2, 0) is 0 Å². The highest BCUT2D eigenvalue weighted by molar-refractivity contribution is 6.00. The Labute approximate surface area is 211 Å². The molecule has 6 nitrogen and oxygen atoms in total. The fourth-order valence-corrected chi connectivity index (χ4v) is 4.59. The lowest BCUT2D eigenvalue weighted by Gasteiger charge is -2.32. The highest BCUT2D eigenvalue weighted by atomic mass is 16.4. The topological polar surface area (TPSA) is 75.4 Å². The van der Waals surface area contributed by atoms with Gasteiger partial charge in [0.25, 0.3) is 11.8 Å². The zero-order valence-electron chi connectivity index (χ0n) is 20.5. The number of benzene rings is 3. The number of carbonyl (C=O) groups excluding carboxylic acids is 2. The third-order valence-corrected chi connectivity index (χ3v) is 6.74. The zero-order chi connectivity index (χ0) is 25.1. The lowest BCUT2D eigenvalue weighted by molar-refractivity contribution is 0.0698. The van der Waals surface area contributed by atoms with E-state index >= 15 is 0 Å². The molecule has 1 saturated heterocycles. The molecule has 1 N–H and O–H groups in total. The van der Waals surface area contributed by atoms with Gasteiger partial charge in [-0.15, -0.1) is 0 Å². The van der Waals surface area contributed by atoms with Crippen LogP contribution < -0.4 is 5.32 Å². The molecule has 0 saturated carbocycles. The molecule has 1 aromatic heterocycles. The second-order valence-electron chi connectivity index (χ2n) is 9.30. The average molecular weight is 480 g/mol. The molecule has 1 aliphatic heterocycles. The van der Waals surface area contributed by atoms with Gasteiger partial charge in [-0.25, -0.2) is 4.98 Å². The molecule has 0 unspecified atom stereocenters. The van der Waals surface area contributed by atoms with Crippen molar-refractivity contribution < 1.29 is 14.0 Å². The third kappa shape index (κ3) is 4.93. The molecule has 0 spiro atoms. The highest BCUT2D eigenvalue weighted by Crippen LogP contribution is 2.29. The van der Waals surface area contributed by atoms with Crippen LogP contribution in [0, 0.1) is 13.8 Å². The largest absolute Gasteiger partial charge is 0.436 e. The summed E-state index contributed by atoms with van der Waals surface area (Å²) in [6.45, 7) is 5.13. The van der Waals surface area contributed by atoms with E-state index in [4.69, 9.17) is 4.42 Å². The maximum absolute atomic E-state index is 13.5. The molecule has 0 bridgehead atoms. The summed E-state index contributed by atoms with van der Waals surface area (Å²) < 4.78 is 6.06. The van der Waals surface area contributed by atoms with Crippen molar-refractivity contribution in [1.29, 1.82) is 0 Å². The Hall–Kier alpha value is -4.19. The molecule has 2 amide bonds. The number of hydrogen-bond donors (Lipinski definition) is 1. The number of aromatic nitrogens is 1. The maximum Gasteiger partial charge on any atom is 0.254 e. The summed E-state index contributed by atoms with van der Waals surface area (Å²) in [6.07, 6.45) is 3.12. The van der Waals surface area contributed by atoms with Gasteiger partial charge in [0, 0.05) is 35.8 Å². The van der Waals surface area contributed by atoms with Crippen LogP contribution in [0.2, 0.25) is 0 Å². The molecule has 36 heavy (non-hydrogen) atoms. The SMILES string of the molecule is Cc1ccc(-c2cnc(-c3ccccc3C(=O)N3CCC(NC(=O)c4ccccc4C)CC3)o2)cc1. The van der Waals surface area contributed by atoms with Gasteiger partial charge in [-0.05, 0) is 50.5 Å². The van der Waals surface area contributed by atoms with Gasteiger partial charge >= 0.3 is 0 Å². The summed E-state index contributed by atoms with van der Waals surface area (Å²) in [5.41, 5.74) is 5.01. The monoisotopic (exact) mass is 479 g/mol. The first-order valence-corrected chi connectivity index (χ1v) is 12.3. The van der Waals surface area contributed by atoms with Crippen molar-refractivity contribution in [1.82, 2.24) is 15.2 Å². The van der Waals surface area contributed by atoms with Gasteiger partial charge in [-0.2, -0.15) is 0 Å². The van der Waals surface area contributed by atoms with E-state index in [1.165, 1.54) is 5.56 Å². The predicted octanol–water partition coefficient (Wildman–Crippen LogP) is 5.66. The first-order valence-electron chi connectivity index (χ1n) is 12.3. The van der Waals surface area contributed by atoms with Gasteiger partial charge in [-0.1, -0.05) is 60.2 Å². The normalized spacial score (nSPS) is 14.0. The standard InChI is InChI=1S/C30H29N3O3/c1-20-11-13-22(14-12-20)27-19-31-29(36-27)25-9-5-6-10-26(25)30(35)33-17-15-23(16-18-33)32-28(34)24-8-4-3-7-21(24)2/h3-14,19,23H,15-18H2,1-2H3,(H,32,34). The number of hydrogen-bond acceptors (Lipinski definition) is 4. The number of rotatable bonds is 5. The minimum absolute atomic E-state index is 0.0419. The summed E-state index contributed by atoms with van der Waals surface area (Å²) in [5.74, 6) is 0.980. The van der Waals surface area contributed by atoms with Crippen molar-refractivity contribution >= 4 is 11.8 Å². The molecule has 0 atom stereocenters. The van der Waals surface area contributed by atoms with Crippen molar-refractivity contribution in [2.45, 2.75) is 32.7 Å². The van der Waals surface area contributed by atoms with Crippen LogP contribution in [0.15, 0.2) is 83.4 Å². The van der Waals surface area contributed by atoms with Crippen LogP contribution in [-0.4, -0.2) is 40.8 Å². The van der Waals surface area contributed by atoms with Crippen LogP contribution in [0.1, 0.15) is 44.7 Å². The van der Waals surface area contributed by atoms with E-state index in [1.54, 1.807) is 6.20 Å². The van der Waals surface area contributed by atoms with E-state index in [9.17, 15) is 9.59 Å². The number of nitrogens with zero attached hydrogens (tertiary/aromatic N) is 2. The zero-order valence-corrected chi connectivity index (χ0v) is 20.5. The minimum Gasteiger partial charge on any atom is -0.436 e. The number of amides is 2. The molecule has 1 aliphatic rings. The van der Waals surface area contributed by atoms with Crippen molar-refractivity contribution in [2.24, 2.45) is 0 Å². The number of carbonyl (C=O) groups is 2. The van der Waals surface area contributed by atoms with Gasteiger partial charge in [0.15, 0.2) is 5.76 Å². The van der Waals surface area contributed by atoms with E-state index < -0.39 is 0 Å². The summed E-state index contributed by atoms with van der Waals surface area (Å²) in [7, 11) is 0. The molecule has 6 heteroatoms. The lowest BCUT2D eigenvalue weighted by Crippen LogP contribution is -2.46. The molecular formula is C30H29N3O3. The Bertz CT molecular complexity index is 1380. The van der Waals surface area contributed by atoms with E-state index in [0.29, 0.717) is 54.3 Å². The van der Waals surface area contributed by atoms with Crippen LogP contribution >= 0.6 is 0 Å². The van der Waals surface area contributed by atoms with E-state index in [2.05, 4.69) is 10.3 Å². The number of oxazole rings is 1. The predicted molar refractivity (Wildman–Crippen MR) is 140 cm³/mol. The van der Waals surface area contributed by atoms with Crippen LogP contribution in [0.3, 0.4) is 0 Å². The first-order chi connectivity index (χ1) is 17.5. The molecule has 5 rings (SSSR count). The lowest BCUT2D eigenvalue weighted by atomic mass is 10.0. The molecule has 3 aromatic carbocycles. The molecule has 4 aromatic rings. The molecule has 2 heterocycles. The summed E-state index contributed by atoms with van der Waals surface area (Å²) in [6, 6.07) is 23.1. The second kappa shape index (κ2) is 10.2. The molecule has 1 fully saturated rings. The van der Waals surface area contributed by atoms with Crippen molar-refractivity contribution in [3.05, 3.63) is 101 Å². The second-order valence-corrected chi connectivity index (χ2v) is 9.30. The molecule has 182 valence electrons. The highest BCUT2D eigenvalue weighted by Gasteiger charge is 2.27. The number of piperidine rings is 1. The Kier molecular flexibility index (Phi) is 6.67. The third-order valence-electron chi connectivity index (χ3n) is 6.74. The quantitative estimate of drug-likeness (QED) is 0.401.